The van der Waals surface area contributed by atoms with E-state index < -0.39 is 4.92 Å². The van der Waals surface area contributed by atoms with Gasteiger partial charge in [0, 0.05) is 35.0 Å². The lowest BCUT2D eigenvalue weighted by molar-refractivity contribution is -0.385. The summed E-state index contributed by atoms with van der Waals surface area (Å²) in [4.78, 5) is 34.0. The van der Waals surface area contributed by atoms with Gasteiger partial charge in [0.25, 0.3) is 11.6 Å². The van der Waals surface area contributed by atoms with Crippen molar-refractivity contribution in [1.29, 1.82) is 0 Å². The quantitative estimate of drug-likeness (QED) is 0.669. The number of nitrogens with one attached hydrogen (secondary N) is 2. The molecule has 0 radical (unpaired) electrons. The first-order valence-corrected chi connectivity index (χ1v) is 7.43. The number of nitrogens with zero attached hydrogens (tertiary/aromatic N) is 1. The summed E-state index contributed by atoms with van der Waals surface area (Å²) in [5, 5.41) is 16.4. The monoisotopic (exact) mass is 325 g/mol. The molecule has 0 unspecified atom stereocenters. The van der Waals surface area contributed by atoms with Gasteiger partial charge in [-0.1, -0.05) is 0 Å². The van der Waals surface area contributed by atoms with Crippen LogP contribution in [0.25, 0.3) is 0 Å². The molecule has 2 aromatic carbocycles. The van der Waals surface area contributed by atoms with Crippen LogP contribution < -0.4 is 10.6 Å². The van der Waals surface area contributed by atoms with Gasteiger partial charge in [0.2, 0.25) is 5.91 Å². The third-order valence-corrected chi connectivity index (χ3v) is 3.91. The van der Waals surface area contributed by atoms with E-state index in [1.165, 1.54) is 18.2 Å². The zero-order valence-corrected chi connectivity index (χ0v) is 13.0. The number of amides is 2. The van der Waals surface area contributed by atoms with Gasteiger partial charge in [-0.05, 0) is 49.2 Å². The fourth-order valence-corrected chi connectivity index (χ4v) is 2.67. The van der Waals surface area contributed by atoms with Crippen LogP contribution in [0.15, 0.2) is 36.4 Å². The average molecular weight is 325 g/mol. The second kappa shape index (κ2) is 6.11. The van der Waals surface area contributed by atoms with E-state index in [0.717, 1.165) is 11.3 Å². The number of aryl methyl sites for hydroxylation is 2. The third kappa shape index (κ3) is 3.10. The smallest absolute Gasteiger partial charge is 0.272 e. The molecule has 1 aliphatic rings. The van der Waals surface area contributed by atoms with Crippen LogP contribution in [0, 0.1) is 17.0 Å². The number of nitro groups is 1. The molecule has 0 aliphatic carbocycles. The molecule has 0 aromatic heterocycles. The van der Waals surface area contributed by atoms with Gasteiger partial charge in [0.15, 0.2) is 0 Å². The van der Waals surface area contributed by atoms with Crippen molar-refractivity contribution in [2.24, 2.45) is 0 Å². The van der Waals surface area contributed by atoms with Crippen LogP contribution in [-0.4, -0.2) is 16.7 Å². The summed E-state index contributed by atoms with van der Waals surface area (Å²) in [6.45, 7) is 1.59. The number of hydrogen-bond acceptors (Lipinski definition) is 4. The molecule has 2 amide bonds. The van der Waals surface area contributed by atoms with Crippen molar-refractivity contribution in [3.63, 3.8) is 0 Å². The second-order valence-electron chi connectivity index (χ2n) is 5.63. The summed E-state index contributed by atoms with van der Waals surface area (Å²) in [6.07, 6.45) is 1.05. The molecular formula is C17H15N3O4. The van der Waals surface area contributed by atoms with Gasteiger partial charge in [0.05, 0.1) is 4.92 Å². The lowest BCUT2D eigenvalue weighted by atomic mass is 10.0. The third-order valence-electron chi connectivity index (χ3n) is 3.91. The van der Waals surface area contributed by atoms with Crippen molar-refractivity contribution in [3.05, 3.63) is 63.2 Å². The van der Waals surface area contributed by atoms with Crippen LogP contribution in [0.4, 0.5) is 17.1 Å². The zero-order valence-electron chi connectivity index (χ0n) is 13.0. The number of nitro benzene ring substituents is 1. The van der Waals surface area contributed by atoms with E-state index in [-0.39, 0.29) is 17.5 Å². The number of carbonyl (C=O) groups excluding carboxylic acids is 2. The Balaban J connectivity index is 1.79. The lowest BCUT2D eigenvalue weighted by Crippen LogP contribution is -2.19. The molecule has 122 valence electrons. The van der Waals surface area contributed by atoms with Gasteiger partial charge in [-0.2, -0.15) is 0 Å². The standard InChI is InChI=1S/C17H15N3O4/c1-10-8-12(2-6-15(10)20(23)24)17(22)18-13-4-5-14-11(9-13)3-7-16(21)19-14/h2,4-6,8-9H,3,7H2,1H3,(H,18,22)(H,19,21). The Morgan fingerprint density at radius 1 is 1.21 bits per heavy atom. The highest BCUT2D eigenvalue weighted by Gasteiger charge is 2.17. The molecular weight excluding hydrogens is 310 g/mol. The predicted octanol–water partition coefficient (Wildman–Crippen LogP) is 3.04. The van der Waals surface area contributed by atoms with E-state index in [1.807, 2.05) is 6.07 Å². The van der Waals surface area contributed by atoms with Crippen LogP contribution in [0.5, 0.6) is 0 Å². The molecule has 0 saturated carbocycles. The number of fused-ring (bicyclic) bond motifs is 1. The zero-order chi connectivity index (χ0) is 17.3. The van der Waals surface area contributed by atoms with Gasteiger partial charge in [-0.15, -0.1) is 0 Å². The number of anilines is 2. The van der Waals surface area contributed by atoms with Gasteiger partial charge in [-0.25, -0.2) is 0 Å². The molecule has 24 heavy (non-hydrogen) atoms. The average Bonchev–Trinajstić information content (AvgIpc) is 2.54. The molecule has 1 heterocycles. The fraction of sp³-hybridized carbons (Fsp3) is 0.176. The summed E-state index contributed by atoms with van der Waals surface area (Å²) >= 11 is 0. The molecule has 0 saturated heterocycles. The lowest BCUT2D eigenvalue weighted by Gasteiger charge is -2.17. The maximum atomic E-state index is 12.3. The molecule has 1 aliphatic heterocycles. The fourth-order valence-electron chi connectivity index (χ4n) is 2.67. The van der Waals surface area contributed by atoms with E-state index in [9.17, 15) is 19.7 Å². The van der Waals surface area contributed by atoms with E-state index in [0.29, 0.717) is 29.7 Å². The number of benzene rings is 2. The summed E-state index contributed by atoms with van der Waals surface area (Å²) in [5.41, 5.74) is 3.11. The highest BCUT2D eigenvalue weighted by molar-refractivity contribution is 6.05. The molecule has 2 N–H and O–H groups in total. The van der Waals surface area contributed by atoms with Crippen molar-refractivity contribution in [3.8, 4) is 0 Å². The first-order valence-electron chi connectivity index (χ1n) is 7.43. The van der Waals surface area contributed by atoms with E-state index >= 15 is 0 Å². The molecule has 0 atom stereocenters. The van der Waals surface area contributed by atoms with Crippen LogP contribution in [0.3, 0.4) is 0 Å². The largest absolute Gasteiger partial charge is 0.326 e. The second-order valence-corrected chi connectivity index (χ2v) is 5.63. The van der Waals surface area contributed by atoms with Crippen LogP contribution in [0.2, 0.25) is 0 Å². The first-order chi connectivity index (χ1) is 11.4. The minimum absolute atomic E-state index is 0.0133. The number of rotatable bonds is 3. The summed E-state index contributed by atoms with van der Waals surface area (Å²) < 4.78 is 0. The Morgan fingerprint density at radius 2 is 2.00 bits per heavy atom. The molecule has 0 fully saturated rings. The molecule has 2 aromatic rings. The number of carbonyl (C=O) groups is 2. The van der Waals surface area contributed by atoms with E-state index in [1.54, 1.807) is 19.1 Å². The molecule has 0 spiro atoms. The maximum absolute atomic E-state index is 12.3. The topological polar surface area (TPSA) is 101 Å². The van der Waals surface area contributed by atoms with Gasteiger partial charge in [0.1, 0.15) is 0 Å². The Bertz CT molecular complexity index is 861. The van der Waals surface area contributed by atoms with Crippen LogP contribution in [0.1, 0.15) is 27.9 Å². The summed E-state index contributed by atoms with van der Waals surface area (Å²) in [7, 11) is 0. The van der Waals surface area contributed by atoms with E-state index in [2.05, 4.69) is 10.6 Å². The minimum Gasteiger partial charge on any atom is -0.326 e. The highest BCUT2D eigenvalue weighted by atomic mass is 16.6. The predicted molar refractivity (Wildman–Crippen MR) is 89.2 cm³/mol. The van der Waals surface area contributed by atoms with Crippen molar-refractivity contribution < 1.29 is 14.5 Å². The Kier molecular flexibility index (Phi) is 3.99. The number of hydrogen-bond donors (Lipinski definition) is 2. The van der Waals surface area contributed by atoms with Crippen molar-refractivity contribution in [2.45, 2.75) is 19.8 Å². The molecule has 7 heteroatoms. The summed E-state index contributed by atoms with van der Waals surface area (Å²) in [6, 6.07) is 9.53. The Labute approximate surface area is 137 Å². The van der Waals surface area contributed by atoms with Crippen molar-refractivity contribution in [2.75, 3.05) is 10.6 Å². The Hall–Kier alpha value is -3.22. The van der Waals surface area contributed by atoms with Crippen LogP contribution in [-0.2, 0) is 11.2 Å². The van der Waals surface area contributed by atoms with Crippen molar-refractivity contribution >= 4 is 28.9 Å². The van der Waals surface area contributed by atoms with E-state index in [4.69, 9.17) is 0 Å². The normalized spacial score (nSPS) is 13.0. The SMILES string of the molecule is Cc1cc(C(=O)Nc2ccc3c(c2)CCC(=O)N3)ccc1[N+](=O)[O-]. The Morgan fingerprint density at radius 3 is 2.71 bits per heavy atom. The van der Waals surface area contributed by atoms with Crippen LogP contribution >= 0.6 is 0 Å². The minimum atomic E-state index is -0.477. The van der Waals surface area contributed by atoms with Gasteiger partial charge < -0.3 is 10.6 Å². The molecule has 7 nitrogen and oxygen atoms in total. The maximum Gasteiger partial charge on any atom is 0.272 e. The first kappa shape index (κ1) is 15.7. The van der Waals surface area contributed by atoms with Crippen molar-refractivity contribution in [1.82, 2.24) is 0 Å². The molecule has 3 rings (SSSR count). The van der Waals surface area contributed by atoms with Gasteiger partial charge >= 0.3 is 0 Å². The highest BCUT2D eigenvalue weighted by Crippen LogP contribution is 2.26. The summed E-state index contributed by atoms with van der Waals surface area (Å²) in [5.74, 6) is -0.353. The van der Waals surface area contributed by atoms with Gasteiger partial charge in [-0.3, -0.25) is 19.7 Å². The molecule has 0 bridgehead atoms.